The van der Waals surface area contributed by atoms with Gasteiger partial charge in [0.25, 0.3) is 0 Å². The number of hydrogen-bond acceptors (Lipinski definition) is 3. The first-order chi connectivity index (χ1) is 10.5. The van der Waals surface area contributed by atoms with E-state index in [1.54, 1.807) is 6.07 Å². The van der Waals surface area contributed by atoms with E-state index in [-0.39, 0.29) is 11.4 Å². The van der Waals surface area contributed by atoms with Crippen LogP contribution in [0, 0.1) is 20.8 Å². The van der Waals surface area contributed by atoms with Crippen molar-refractivity contribution in [3.8, 4) is 5.75 Å². The van der Waals surface area contributed by atoms with Gasteiger partial charge in [-0.2, -0.15) is 0 Å². The zero-order valence-electron chi connectivity index (χ0n) is 12.9. The summed E-state index contributed by atoms with van der Waals surface area (Å²) in [5.74, 6) is 0.110. The maximum atomic E-state index is 12.3. The Hall–Kier alpha value is -2.55. The van der Waals surface area contributed by atoms with Crippen LogP contribution in [0.2, 0.25) is 0 Å². The van der Waals surface area contributed by atoms with Gasteiger partial charge in [-0.1, -0.05) is 29.8 Å². The molecule has 3 heteroatoms. The molecular formula is C19H18O3. The Morgan fingerprint density at radius 2 is 1.73 bits per heavy atom. The van der Waals surface area contributed by atoms with Gasteiger partial charge in [0, 0.05) is 23.4 Å². The number of fused-ring (bicyclic) bond motifs is 1. The van der Waals surface area contributed by atoms with E-state index in [9.17, 15) is 9.90 Å². The van der Waals surface area contributed by atoms with Gasteiger partial charge in [0.2, 0.25) is 0 Å². The second-order valence-corrected chi connectivity index (χ2v) is 5.79. The second-order valence-electron chi connectivity index (χ2n) is 5.79. The summed E-state index contributed by atoms with van der Waals surface area (Å²) in [4.78, 5) is 12.3. The predicted octanol–water partition coefficient (Wildman–Crippen LogP) is 4.01. The molecule has 0 bridgehead atoms. The Bertz CT molecular complexity index is 903. The van der Waals surface area contributed by atoms with Crippen LogP contribution >= 0.6 is 0 Å². The molecule has 0 spiro atoms. The molecule has 0 amide bonds. The lowest BCUT2D eigenvalue weighted by molar-refractivity contribution is 0.472. The number of benzene rings is 2. The Balaban J connectivity index is 2.18. The van der Waals surface area contributed by atoms with Crippen molar-refractivity contribution in [3.63, 3.8) is 0 Å². The molecule has 0 aliphatic carbocycles. The number of rotatable bonds is 2. The molecule has 22 heavy (non-hydrogen) atoms. The van der Waals surface area contributed by atoms with Crippen molar-refractivity contribution < 1.29 is 9.52 Å². The molecule has 0 fully saturated rings. The van der Waals surface area contributed by atoms with Crippen molar-refractivity contribution in [1.29, 1.82) is 0 Å². The molecule has 0 aliphatic heterocycles. The van der Waals surface area contributed by atoms with Crippen LogP contribution in [-0.2, 0) is 6.42 Å². The third-order valence-electron chi connectivity index (χ3n) is 4.06. The molecule has 2 aromatic carbocycles. The van der Waals surface area contributed by atoms with Crippen molar-refractivity contribution >= 4 is 11.0 Å². The summed E-state index contributed by atoms with van der Waals surface area (Å²) < 4.78 is 5.42. The van der Waals surface area contributed by atoms with E-state index in [0.717, 1.165) is 22.1 Å². The van der Waals surface area contributed by atoms with E-state index in [2.05, 4.69) is 0 Å². The fraction of sp³-hybridized carbons (Fsp3) is 0.211. The quantitative estimate of drug-likeness (QED) is 0.726. The first-order valence-corrected chi connectivity index (χ1v) is 7.27. The average Bonchev–Trinajstić information content (AvgIpc) is 2.44. The van der Waals surface area contributed by atoms with Gasteiger partial charge in [0.05, 0.1) is 0 Å². The molecule has 0 saturated carbocycles. The van der Waals surface area contributed by atoms with Crippen LogP contribution in [0.1, 0.15) is 27.8 Å². The monoisotopic (exact) mass is 294 g/mol. The second kappa shape index (κ2) is 5.34. The molecular weight excluding hydrogens is 276 g/mol. The van der Waals surface area contributed by atoms with Crippen molar-refractivity contribution in [2.75, 3.05) is 0 Å². The van der Waals surface area contributed by atoms with Gasteiger partial charge < -0.3 is 9.52 Å². The minimum absolute atomic E-state index is 0.110. The third kappa shape index (κ3) is 2.50. The van der Waals surface area contributed by atoms with Crippen molar-refractivity contribution in [3.05, 3.63) is 74.6 Å². The standard InChI is InChI=1S/C19H18O3/c1-11-4-6-14(7-5-11)9-16-13(3)18-12(2)8-15(20)10-17(18)22-19(16)21/h4-8,10,20H,9H2,1-3H3. The highest BCUT2D eigenvalue weighted by molar-refractivity contribution is 5.85. The smallest absolute Gasteiger partial charge is 0.340 e. The van der Waals surface area contributed by atoms with E-state index >= 15 is 0 Å². The fourth-order valence-corrected chi connectivity index (χ4v) is 2.88. The number of phenols is 1. The maximum Gasteiger partial charge on any atom is 0.340 e. The summed E-state index contributed by atoms with van der Waals surface area (Å²) >= 11 is 0. The van der Waals surface area contributed by atoms with Gasteiger partial charge in [0.15, 0.2) is 0 Å². The lowest BCUT2D eigenvalue weighted by atomic mass is 9.97. The van der Waals surface area contributed by atoms with Crippen LogP contribution in [0.5, 0.6) is 5.75 Å². The molecule has 1 aromatic heterocycles. The predicted molar refractivity (Wildman–Crippen MR) is 87.6 cm³/mol. The fourth-order valence-electron chi connectivity index (χ4n) is 2.88. The van der Waals surface area contributed by atoms with Crippen LogP contribution in [0.4, 0.5) is 0 Å². The third-order valence-corrected chi connectivity index (χ3v) is 4.06. The van der Waals surface area contributed by atoms with Crippen molar-refractivity contribution in [1.82, 2.24) is 0 Å². The first-order valence-electron chi connectivity index (χ1n) is 7.27. The summed E-state index contributed by atoms with van der Waals surface area (Å²) in [6, 6.07) is 11.3. The Morgan fingerprint density at radius 3 is 2.41 bits per heavy atom. The average molecular weight is 294 g/mol. The summed E-state index contributed by atoms with van der Waals surface area (Å²) in [6.45, 7) is 5.88. The molecule has 0 saturated heterocycles. The molecule has 0 unspecified atom stereocenters. The Labute approximate surface area is 128 Å². The Morgan fingerprint density at radius 1 is 1.05 bits per heavy atom. The molecule has 0 atom stereocenters. The highest BCUT2D eigenvalue weighted by Crippen LogP contribution is 2.28. The normalized spacial score (nSPS) is 11.0. The van der Waals surface area contributed by atoms with Gasteiger partial charge in [-0.3, -0.25) is 0 Å². The summed E-state index contributed by atoms with van der Waals surface area (Å²) in [5.41, 5.74) is 4.87. The summed E-state index contributed by atoms with van der Waals surface area (Å²) in [5, 5.41) is 10.6. The lowest BCUT2D eigenvalue weighted by Gasteiger charge is -2.10. The van der Waals surface area contributed by atoms with Crippen LogP contribution in [-0.4, -0.2) is 5.11 Å². The van der Waals surface area contributed by atoms with Gasteiger partial charge in [0.1, 0.15) is 11.3 Å². The minimum atomic E-state index is -0.337. The molecule has 1 heterocycles. The highest BCUT2D eigenvalue weighted by Gasteiger charge is 2.14. The SMILES string of the molecule is Cc1ccc(Cc2c(C)c3c(C)cc(O)cc3oc2=O)cc1. The highest BCUT2D eigenvalue weighted by atomic mass is 16.4. The largest absolute Gasteiger partial charge is 0.508 e. The number of phenolic OH excluding ortho intramolecular Hbond substituents is 1. The number of aryl methyl sites for hydroxylation is 3. The van der Waals surface area contributed by atoms with Crippen LogP contribution in [0.3, 0.4) is 0 Å². The van der Waals surface area contributed by atoms with E-state index < -0.39 is 0 Å². The molecule has 0 aliphatic rings. The van der Waals surface area contributed by atoms with E-state index in [4.69, 9.17) is 4.42 Å². The van der Waals surface area contributed by atoms with E-state index in [0.29, 0.717) is 17.6 Å². The minimum Gasteiger partial charge on any atom is -0.508 e. The number of aromatic hydroxyl groups is 1. The topological polar surface area (TPSA) is 50.4 Å². The van der Waals surface area contributed by atoms with E-state index in [1.165, 1.54) is 11.6 Å². The molecule has 0 radical (unpaired) electrons. The molecule has 3 rings (SSSR count). The van der Waals surface area contributed by atoms with Crippen molar-refractivity contribution in [2.24, 2.45) is 0 Å². The zero-order chi connectivity index (χ0) is 15.9. The van der Waals surface area contributed by atoms with Crippen LogP contribution in [0.25, 0.3) is 11.0 Å². The molecule has 112 valence electrons. The maximum absolute atomic E-state index is 12.3. The summed E-state index contributed by atoms with van der Waals surface area (Å²) in [7, 11) is 0. The van der Waals surface area contributed by atoms with Gasteiger partial charge in [-0.15, -0.1) is 0 Å². The lowest BCUT2D eigenvalue weighted by Crippen LogP contribution is -2.11. The van der Waals surface area contributed by atoms with Gasteiger partial charge in [-0.25, -0.2) is 4.79 Å². The van der Waals surface area contributed by atoms with Gasteiger partial charge in [-0.05, 0) is 43.5 Å². The van der Waals surface area contributed by atoms with Crippen LogP contribution < -0.4 is 5.63 Å². The van der Waals surface area contributed by atoms with E-state index in [1.807, 2.05) is 45.0 Å². The number of hydrogen-bond donors (Lipinski definition) is 1. The van der Waals surface area contributed by atoms with Crippen molar-refractivity contribution in [2.45, 2.75) is 27.2 Å². The first kappa shape index (κ1) is 14.4. The zero-order valence-corrected chi connectivity index (χ0v) is 12.9. The van der Waals surface area contributed by atoms with Crippen LogP contribution in [0.15, 0.2) is 45.6 Å². The Kier molecular flexibility index (Phi) is 3.49. The van der Waals surface area contributed by atoms with Gasteiger partial charge >= 0.3 is 5.63 Å². The summed E-state index contributed by atoms with van der Waals surface area (Å²) in [6.07, 6.45) is 0.546. The molecule has 3 nitrogen and oxygen atoms in total. The molecule has 3 aromatic rings. The molecule has 1 N–H and O–H groups in total.